The number of benzene rings is 2. The van der Waals surface area contributed by atoms with Crippen molar-refractivity contribution < 1.29 is 9.53 Å². The predicted octanol–water partition coefficient (Wildman–Crippen LogP) is 4.78. The highest BCUT2D eigenvalue weighted by molar-refractivity contribution is 6.35. The lowest BCUT2D eigenvalue weighted by atomic mass is 10.1. The molecule has 1 amide bonds. The summed E-state index contributed by atoms with van der Waals surface area (Å²) in [7, 11) is 4.10. The van der Waals surface area contributed by atoms with Crippen molar-refractivity contribution in [2.24, 2.45) is 0 Å². The van der Waals surface area contributed by atoms with E-state index in [1.807, 2.05) is 42.9 Å². The van der Waals surface area contributed by atoms with Gasteiger partial charge in [0.05, 0.1) is 19.6 Å². The molecular formula is C27H28Cl2N6O2. The maximum atomic E-state index is 12.6. The average Bonchev–Trinajstić information content (AvgIpc) is 3.28. The summed E-state index contributed by atoms with van der Waals surface area (Å²) in [6.07, 6.45) is 2.21. The number of carbonyl (C=O) groups excluding carboxylic acids is 1. The lowest BCUT2D eigenvalue weighted by Crippen LogP contribution is -2.37. The van der Waals surface area contributed by atoms with Crippen molar-refractivity contribution in [3.63, 3.8) is 0 Å². The van der Waals surface area contributed by atoms with Crippen molar-refractivity contribution in [3.8, 4) is 11.4 Å². The highest BCUT2D eigenvalue weighted by Gasteiger charge is 2.19. The summed E-state index contributed by atoms with van der Waals surface area (Å²) >= 11 is 12.2. The van der Waals surface area contributed by atoms with Gasteiger partial charge < -0.3 is 19.9 Å². The Bertz CT molecular complexity index is 1410. The summed E-state index contributed by atoms with van der Waals surface area (Å²) in [6.45, 7) is 3.72. The molecule has 1 aliphatic heterocycles. The molecular weight excluding hydrogens is 511 g/mol. The molecule has 192 valence electrons. The molecule has 0 spiro atoms. The number of rotatable bonds is 7. The van der Waals surface area contributed by atoms with Crippen molar-refractivity contribution in [1.29, 1.82) is 0 Å². The third-order valence-electron chi connectivity index (χ3n) is 6.10. The normalized spacial score (nSPS) is 13.9. The number of nitrogens with one attached hydrogen (secondary N) is 1. The van der Waals surface area contributed by atoms with Gasteiger partial charge in [0.15, 0.2) is 11.6 Å². The van der Waals surface area contributed by atoms with Crippen LogP contribution in [-0.4, -0.2) is 65.8 Å². The number of amides is 1. The van der Waals surface area contributed by atoms with Crippen LogP contribution in [0.5, 0.6) is 0 Å². The fourth-order valence-electron chi connectivity index (χ4n) is 4.36. The van der Waals surface area contributed by atoms with Crippen LogP contribution in [0.1, 0.15) is 11.1 Å². The van der Waals surface area contributed by atoms with Crippen LogP contribution in [0.2, 0.25) is 10.0 Å². The highest BCUT2D eigenvalue weighted by Crippen LogP contribution is 2.27. The minimum Gasteiger partial charge on any atom is -0.378 e. The molecule has 0 saturated carbocycles. The second kappa shape index (κ2) is 11.1. The van der Waals surface area contributed by atoms with E-state index in [1.54, 1.807) is 18.2 Å². The zero-order valence-corrected chi connectivity index (χ0v) is 22.3. The van der Waals surface area contributed by atoms with Gasteiger partial charge >= 0.3 is 0 Å². The number of ether oxygens (including phenoxy) is 1. The summed E-state index contributed by atoms with van der Waals surface area (Å²) in [5.74, 6) is 1.35. The second-order valence-corrected chi connectivity index (χ2v) is 10.2. The number of hydrogen-bond donors (Lipinski definition) is 1. The molecule has 0 unspecified atom stereocenters. The topological polar surface area (TPSA) is 75.0 Å². The molecule has 10 heteroatoms. The summed E-state index contributed by atoms with van der Waals surface area (Å²) in [6, 6.07) is 14.8. The zero-order chi connectivity index (χ0) is 25.9. The molecule has 4 aromatic rings. The highest BCUT2D eigenvalue weighted by atomic mass is 35.5. The predicted molar refractivity (Wildman–Crippen MR) is 148 cm³/mol. The summed E-state index contributed by atoms with van der Waals surface area (Å²) in [5, 5.41) is 8.74. The van der Waals surface area contributed by atoms with Crippen molar-refractivity contribution in [3.05, 3.63) is 75.9 Å². The number of hydrogen-bond acceptors (Lipinski definition) is 6. The Morgan fingerprint density at radius 1 is 1.08 bits per heavy atom. The molecule has 0 atom stereocenters. The number of morpholine rings is 1. The van der Waals surface area contributed by atoms with Crippen LogP contribution in [0.3, 0.4) is 0 Å². The first kappa shape index (κ1) is 25.5. The van der Waals surface area contributed by atoms with E-state index >= 15 is 0 Å². The molecule has 1 fully saturated rings. The van der Waals surface area contributed by atoms with Crippen molar-refractivity contribution in [2.45, 2.75) is 13.0 Å². The second-order valence-electron chi connectivity index (χ2n) is 9.31. The quantitative estimate of drug-likeness (QED) is 0.365. The van der Waals surface area contributed by atoms with E-state index in [4.69, 9.17) is 38.0 Å². The molecule has 0 radical (unpaired) electrons. The molecule has 2 aromatic carbocycles. The van der Waals surface area contributed by atoms with Crippen molar-refractivity contribution >= 4 is 46.1 Å². The molecule has 1 saturated heterocycles. The van der Waals surface area contributed by atoms with Gasteiger partial charge in [-0.3, -0.25) is 4.79 Å². The molecule has 1 N–H and O–H groups in total. The SMILES string of the molecule is CN(C)Cc1cc2c(N3CCOCC3)nc(-c3ccc(NC(=O)Cc4ccc(Cl)cc4Cl)cc3)nn2c1. The Hall–Kier alpha value is -3.17. The summed E-state index contributed by atoms with van der Waals surface area (Å²) < 4.78 is 7.47. The smallest absolute Gasteiger partial charge is 0.228 e. The Labute approximate surface area is 225 Å². The number of aromatic nitrogens is 3. The van der Waals surface area contributed by atoms with E-state index in [2.05, 4.69) is 27.4 Å². The number of anilines is 2. The lowest BCUT2D eigenvalue weighted by molar-refractivity contribution is -0.115. The minimum absolute atomic E-state index is 0.156. The van der Waals surface area contributed by atoms with Gasteiger partial charge in [-0.25, -0.2) is 9.50 Å². The van der Waals surface area contributed by atoms with Gasteiger partial charge in [0, 0.05) is 47.1 Å². The van der Waals surface area contributed by atoms with Gasteiger partial charge in [0.2, 0.25) is 5.91 Å². The van der Waals surface area contributed by atoms with Gasteiger partial charge in [-0.05, 0) is 67.7 Å². The number of fused-ring (bicyclic) bond motifs is 1. The first-order valence-electron chi connectivity index (χ1n) is 12.1. The first-order chi connectivity index (χ1) is 17.9. The Balaban J connectivity index is 1.38. The molecule has 3 heterocycles. The van der Waals surface area contributed by atoms with Gasteiger partial charge in [-0.1, -0.05) is 29.3 Å². The lowest BCUT2D eigenvalue weighted by Gasteiger charge is -2.28. The standard InChI is InChI=1S/C27H28Cl2N6O2/c1-33(2)16-18-13-24-27(34-9-11-37-12-10-34)31-26(32-35(24)17-18)19-4-7-22(8-5-19)30-25(36)14-20-3-6-21(28)15-23(20)29/h3-8,13,15,17H,9-12,14,16H2,1-2H3,(H,30,36). The largest absolute Gasteiger partial charge is 0.378 e. The van der Waals surface area contributed by atoms with Crippen LogP contribution in [0.15, 0.2) is 54.7 Å². The Morgan fingerprint density at radius 3 is 2.54 bits per heavy atom. The van der Waals surface area contributed by atoms with Gasteiger partial charge in [0.25, 0.3) is 0 Å². The first-order valence-corrected chi connectivity index (χ1v) is 12.8. The van der Waals surface area contributed by atoms with E-state index in [1.165, 1.54) is 5.56 Å². The van der Waals surface area contributed by atoms with Crippen LogP contribution in [0.25, 0.3) is 16.9 Å². The van der Waals surface area contributed by atoms with Crippen molar-refractivity contribution in [2.75, 3.05) is 50.6 Å². The van der Waals surface area contributed by atoms with Crippen LogP contribution < -0.4 is 10.2 Å². The number of carbonyl (C=O) groups is 1. The minimum atomic E-state index is -0.162. The van der Waals surface area contributed by atoms with E-state index < -0.39 is 0 Å². The van der Waals surface area contributed by atoms with E-state index in [0.29, 0.717) is 34.8 Å². The Morgan fingerprint density at radius 2 is 1.84 bits per heavy atom. The van der Waals surface area contributed by atoms with Gasteiger partial charge in [-0.2, -0.15) is 0 Å². The molecule has 8 nitrogen and oxygen atoms in total. The van der Waals surface area contributed by atoms with E-state index in [9.17, 15) is 4.79 Å². The van der Waals surface area contributed by atoms with Crippen molar-refractivity contribution in [1.82, 2.24) is 19.5 Å². The molecule has 0 bridgehead atoms. The number of nitrogens with zero attached hydrogens (tertiary/aromatic N) is 5. The van der Waals surface area contributed by atoms with E-state index in [0.717, 1.165) is 42.1 Å². The molecule has 2 aromatic heterocycles. The van der Waals surface area contributed by atoms with E-state index in [-0.39, 0.29) is 12.3 Å². The molecule has 5 rings (SSSR count). The zero-order valence-electron chi connectivity index (χ0n) is 20.7. The molecule has 0 aliphatic carbocycles. The van der Waals surface area contributed by atoms with Crippen LogP contribution >= 0.6 is 23.2 Å². The fourth-order valence-corrected chi connectivity index (χ4v) is 4.84. The summed E-state index contributed by atoms with van der Waals surface area (Å²) in [4.78, 5) is 21.9. The third-order valence-corrected chi connectivity index (χ3v) is 6.69. The van der Waals surface area contributed by atoms with Crippen LogP contribution in [-0.2, 0) is 22.5 Å². The maximum absolute atomic E-state index is 12.6. The molecule has 1 aliphatic rings. The number of halogens is 2. The Kier molecular flexibility index (Phi) is 7.62. The van der Waals surface area contributed by atoms with Crippen LogP contribution in [0, 0.1) is 0 Å². The third kappa shape index (κ3) is 6.05. The maximum Gasteiger partial charge on any atom is 0.228 e. The monoisotopic (exact) mass is 538 g/mol. The van der Waals surface area contributed by atoms with Gasteiger partial charge in [0.1, 0.15) is 5.52 Å². The van der Waals surface area contributed by atoms with Gasteiger partial charge in [-0.15, -0.1) is 5.10 Å². The fraction of sp³-hybridized carbons (Fsp3) is 0.296. The van der Waals surface area contributed by atoms with Crippen LogP contribution in [0.4, 0.5) is 11.5 Å². The average molecular weight is 539 g/mol. The molecule has 37 heavy (non-hydrogen) atoms. The summed E-state index contributed by atoms with van der Waals surface area (Å²) in [5.41, 5.74) is 4.41.